The number of aromatic nitrogens is 1. The van der Waals surface area contributed by atoms with E-state index in [9.17, 15) is 18.0 Å². The molecule has 0 bridgehead atoms. The molecule has 0 radical (unpaired) electrons. The molecule has 1 fully saturated rings. The number of hydrogen-bond donors (Lipinski definition) is 1. The predicted molar refractivity (Wildman–Crippen MR) is 101 cm³/mol. The molecule has 2 heterocycles. The Labute approximate surface area is 162 Å². The third-order valence-corrected chi connectivity index (χ3v) is 4.76. The van der Waals surface area contributed by atoms with Gasteiger partial charge in [-0.15, -0.1) is 0 Å². The molecule has 150 valence electrons. The quantitative estimate of drug-likeness (QED) is 0.835. The van der Waals surface area contributed by atoms with Gasteiger partial charge in [0.2, 0.25) is 0 Å². The number of amides is 2. The van der Waals surface area contributed by atoms with Crippen LogP contribution in [0.3, 0.4) is 0 Å². The molecule has 2 aromatic rings. The highest BCUT2D eigenvalue weighted by Crippen LogP contribution is 2.32. The van der Waals surface area contributed by atoms with Crippen LogP contribution in [0.15, 0.2) is 42.6 Å². The van der Waals surface area contributed by atoms with E-state index in [2.05, 4.69) is 15.2 Å². The van der Waals surface area contributed by atoms with Crippen LogP contribution in [-0.4, -0.2) is 36.1 Å². The molecule has 5 nitrogen and oxygen atoms in total. The van der Waals surface area contributed by atoms with Crippen LogP contribution in [-0.2, 0) is 19.3 Å². The molecular formula is C20H23F3N4O. The Morgan fingerprint density at radius 3 is 2.64 bits per heavy atom. The summed E-state index contributed by atoms with van der Waals surface area (Å²) >= 11 is 0. The summed E-state index contributed by atoms with van der Waals surface area (Å²) in [4.78, 5) is 20.1. The number of carbonyl (C=O) groups is 1. The van der Waals surface area contributed by atoms with E-state index in [-0.39, 0.29) is 18.7 Å². The lowest BCUT2D eigenvalue weighted by Gasteiger charge is -2.21. The summed E-state index contributed by atoms with van der Waals surface area (Å²) in [6.07, 6.45) is -0.449. The van der Waals surface area contributed by atoms with E-state index >= 15 is 0 Å². The van der Waals surface area contributed by atoms with Crippen molar-refractivity contribution in [3.63, 3.8) is 0 Å². The summed E-state index contributed by atoms with van der Waals surface area (Å²) in [7, 11) is 1.48. The molecule has 8 heteroatoms. The number of carbonyl (C=O) groups excluding carboxylic acids is 1. The first-order valence-electron chi connectivity index (χ1n) is 9.18. The van der Waals surface area contributed by atoms with Gasteiger partial charge < -0.3 is 15.1 Å². The van der Waals surface area contributed by atoms with Crippen molar-refractivity contribution in [3.8, 4) is 0 Å². The number of hydrogen-bond acceptors (Lipinski definition) is 3. The number of rotatable bonds is 5. The number of halogens is 3. The zero-order valence-corrected chi connectivity index (χ0v) is 15.7. The first kappa shape index (κ1) is 20.0. The molecule has 0 saturated carbocycles. The summed E-state index contributed by atoms with van der Waals surface area (Å²) in [6.45, 7) is 2.11. The van der Waals surface area contributed by atoms with Gasteiger partial charge in [-0.1, -0.05) is 18.2 Å². The van der Waals surface area contributed by atoms with Gasteiger partial charge in [-0.05, 0) is 42.2 Å². The zero-order chi connectivity index (χ0) is 20.1. The summed E-state index contributed by atoms with van der Waals surface area (Å²) in [5.74, 6) is 0.886. The number of urea groups is 1. The van der Waals surface area contributed by atoms with Crippen LogP contribution in [0.4, 0.5) is 23.8 Å². The third kappa shape index (κ3) is 4.94. The van der Waals surface area contributed by atoms with Crippen LogP contribution in [0, 0.1) is 0 Å². The molecule has 1 aromatic heterocycles. The van der Waals surface area contributed by atoms with Gasteiger partial charge >= 0.3 is 12.2 Å². The van der Waals surface area contributed by atoms with Crippen LogP contribution in [0.5, 0.6) is 0 Å². The molecule has 0 aliphatic carbocycles. The second-order valence-electron chi connectivity index (χ2n) is 6.89. The van der Waals surface area contributed by atoms with Gasteiger partial charge in [0.15, 0.2) is 0 Å². The molecule has 28 heavy (non-hydrogen) atoms. The average molecular weight is 392 g/mol. The van der Waals surface area contributed by atoms with Crippen molar-refractivity contribution in [3.05, 3.63) is 59.3 Å². The second-order valence-corrected chi connectivity index (χ2v) is 6.89. The Balaban J connectivity index is 1.59. The standard InChI is InChI=1S/C20H23F3N4O/c1-26(14-16-6-2-3-7-17(16)20(21,22)23)19(28)25-13-15-8-9-24-18(12-15)27-10-4-5-11-27/h2-3,6-9,12H,4-5,10-11,13-14H2,1H3,(H,25,28). The number of pyridine rings is 1. The smallest absolute Gasteiger partial charge is 0.357 e. The maximum atomic E-state index is 13.1. The minimum atomic E-state index is -4.45. The first-order valence-corrected chi connectivity index (χ1v) is 9.18. The number of alkyl halides is 3. The normalized spacial score (nSPS) is 14.2. The van der Waals surface area contributed by atoms with Crippen molar-refractivity contribution < 1.29 is 18.0 Å². The van der Waals surface area contributed by atoms with Crippen LogP contribution in [0.2, 0.25) is 0 Å². The highest BCUT2D eigenvalue weighted by Gasteiger charge is 2.33. The summed E-state index contributed by atoms with van der Waals surface area (Å²) in [6, 6.07) is 8.61. The third-order valence-electron chi connectivity index (χ3n) is 4.76. The van der Waals surface area contributed by atoms with Gasteiger partial charge in [0, 0.05) is 39.4 Å². The van der Waals surface area contributed by atoms with Gasteiger partial charge in [0.1, 0.15) is 5.82 Å². The van der Waals surface area contributed by atoms with Crippen molar-refractivity contribution in [2.45, 2.75) is 32.1 Å². The van der Waals surface area contributed by atoms with Crippen LogP contribution in [0.25, 0.3) is 0 Å². The van der Waals surface area contributed by atoms with Gasteiger partial charge in [0.25, 0.3) is 0 Å². The molecular weight excluding hydrogens is 369 g/mol. The van der Waals surface area contributed by atoms with Gasteiger partial charge in [-0.3, -0.25) is 0 Å². The Bertz CT molecular complexity index is 819. The van der Waals surface area contributed by atoms with E-state index in [4.69, 9.17) is 0 Å². The van der Waals surface area contributed by atoms with E-state index in [1.54, 1.807) is 6.20 Å². The number of anilines is 1. The van der Waals surface area contributed by atoms with Crippen LogP contribution < -0.4 is 10.2 Å². The summed E-state index contributed by atoms with van der Waals surface area (Å²) in [5.41, 5.74) is 0.237. The number of nitrogens with one attached hydrogen (secondary N) is 1. The summed E-state index contributed by atoms with van der Waals surface area (Å²) in [5, 5.41) is 2.75. The fourth-order valence-corrected chi connectivity index (χ4v) is 3.26. The Hall–Kier alpha value is -2.77. The molecule has 1 N–H and O–H groups in total. The Morgan fingerprint density at radius 2 is 1.93 bits per heavy atom. The van der Waals surface area contributed by atoms with Gasteiger partial charge in [-0.2, -0.15) is 13.2 Å². The minimum Gasteiger partial charge on any atom is -0.357 e. The highest BCUT2D eigenvalue weighted by molar-refractivity contribution is 5.74. The second kappa shape index (κ2) is 8.50. The maximum absolute atomic E-state index is 13.1. The van der Waals surface area contributed by atoms with Crippen molar-refractivity contribution in [1.82, 2.24) is 15.2 Å². The fourth-order valence-electron chi connectivity index (χ4n) is 3.26. The molecule has 1 aromatic carbocycles. The highest BCUT2D eigenvalue weighted by atomic mass is 19.4. The van der Waals surface area contributed by atoms with Crippen molar-refractivity contribution in [2.24, 2.45) is 0 Å². The van der Waals surface area contributed by atoms with E-state index in [0.29, 0.717) is 0 Å². The molecule has 0 unspecified atom stereocenters. The van der Waals surface area contributed by atoms with Crippen molar-refractivity contribution >= 4 is 11.8 Å². The van der Waals surface area contributed by atoms with E-state index in [1.807, 2.05) is 12.1 Å². The summed E-state index contributed by atoms with van der Waals surface area (Å²) < 4.78 is 39.3. The molecule has 0 atom stereocenters. The zero-order valence-electron chi connectivity index (χ0n) is 15.7. The van der Waals surface area contributed by atoms with E-state index in [0.717, 1.165) is 43.4 Å². The molecule has 1 saturated heterocycles. The molecule has 3 rings (SSSR count). The lowest BCUT2D eigenvalue weighted by Crippen LogP contribution is -2.36. The fraction of sp³-hybridized carbons (Fsp3) is 0.400. The topological polar surface area (TPSA) is 48.5 Å². The number of nitrogens with zero attached hydrogens (tertiary/aromatic N) is 3. The Kier molecular flexibility index (Phi) is 6.06. The van der Waals surface area contributed by atoms with E-state index in [1.165, 1.54) is 30.1 Å². The predicted octanol–water partition coefficient (Wildman–Crippen LogP) is 4.04. The lowest BCUT2D eigenvalue weighted by molar-refractivity contribution is -0.138. The van der Waals surface area contributed by atoms with Crippen LogP contribution >= 0.6 is 0 Å². The maximum Gasteiger partial charge on any atom is 0.416 e. The average Bonchev–Trinajstić information content (AvgIpc) is 3.21. The molecule has 2 amide bonds. The lowest BCUT2D eigenvalue weighted by atomic mass is 10.1. The van der Waals surface area contributed by atoms with Crippen molar-refractivity contribution in [1.29, 1.82) is 0 Å². The molecule has 1 aliphatic rings. The number of benzene rings is 1. The van der Waals surface area contributed by atoms with Crippen molar-refractivity contribution in [2.75, 3.05) is 25.0 Å². The van der Waals surface area contributed by atoms with E-state index < -0.39 is 17.8 Å². The van der Waals surface area contributed by atoms with Gasteiger partial charge in [-0.25, -0.2) is 9.78 Å². The first-order chi connectivity index (χ1) is 13.3. The SMILES string of the molecule is CN(Cc1ccccc1C(F)(F)F)C(=O)NCc1ccnc(N2CCCC2)c1. The van der Waals surface area contributed by atoms with Crippen LogP contribution in [0.1, 0.15) is 29.5 Å². The largest absolute Gasteiger partial charge is 0.416 e. The molecule has 1 aliphatic heterocycles. The Morgan fingerprint density at radius 1 is 1.21 bits per heavy atom. The monoisotopic (exact) mass is 392 g/mol. The van der Waals surface area contributed by atoms with Gasteiger partial charge in [0.05, 0.1) is 5.56 Å². The minimum absolute atomic E-state index is 0.0629. The molecule has 0 spiro atoms.